The van der Waals surface area contributed by atoms with E-state index < -0.39 is 9.84 Å². The lowest BCUT2D eigenvalue weighted by molar-refractivity contribution is 0.601. The van der Waals surface area contributed by atoms with Crippen LogP contribution in [0.1, 0.15) is 5.56 Å². The molecule has 0 aromatic heterocycles. The highest BCUT2D eigenvalue weighted by molar-refractivity contribution is 7.90. The number of halogens is 1. The molecule has 4 nitrogen and oxygen atoms in total. The minimum absolute atomic E-state index is 0.119. The molecule has 18 heavy (non-hydrogen) atoms. The number of benzene rings is 1. The summed E-state index contributed by atoms with van der Waals surface area (Å²) in [7, 11) is 0.749. The summed E-state index contributed by atoms with van der Waals surface area (Å²) in [4.78, 5) is 1.88. The summed E-state index contributed by atoms with van der Waals surface area (Å²) in [6.07, 6.45) is 1.24. The quantitative estimate of drug-likeness (QED) is 0.863. The van der Waals surface area contributed by atoms with Crippen molar-refractivity contribution in [1.29, 1.82) is 0 Å². The average molecular weight is 291 g/mol. The molecule has 0 aliphatic rings. The van der Waals surface area contributed by atoms with Crippen molar-refractivity contribution >= 4 is 27.1 Å². The van der Waals surface area contributed by atoms with E-state index in [1.807, 2.05) is 37.2 Å². The van der Waals surface area contributed by atoms with Gasteiger partial charge in [0.2, 0.25) is 0 Å². The van der Waals surface area contributed by atoms with Crippen molar-refractivity contribution in [2.75, 3.05) is 37.5 Å². The third-order valence-electron chi connectivity index (χ3n) is 2.62. The maximum Gasteiger partial charge on any atom is 0.149 e. The molecule has 0 aliphatic heterocycles. The van der Waals surface area contributed by atoms with Crippen LogP contribution in [0.5, 0.6) is 0 Å². The summed E-state index contributed by atoms with van der Waals surface area (Å²) in [5.74, 6) is 0.119. The van der Waals surface area contributed by atoms with Gasteiger partial charge in [-0.1, -0.05) is 23.7 Å². The SMILES string of the molecule is CNCc1cccc(Cl)c1N(C)CCS(C)(=O)=O. The predicted octanol–water partition coefficient (Wildman–Crippen LogP) is 1.54. The van der Waals surface area contributed by atoms with Gasteiger partial charge in [-0.25, -0.2) is 8.42 Å². The zero-order chi connectivity index (χ0) is 13.8. The molecule has 0 amide bonds. The first-order chi connectivity index (χ1) is 8.35. The molecular formula is C12H19ClN2O2S. The minimum Gasteiger partial charge on any atom is -0.372 e. The Bertz CT molecular complexity index is 503. The zero-order valence-corrected chi connectivity index (χ0v) is 12.5. The predicted molar refractivity (Wildman–Crippen MR) is 77.2 cm³/mol. The fourth-order valence-corrected chi connectivity index (χ4v) is 2.68. The normalized spacial score (nSPS) is 11.6. The molecule has 0 saturated heterocycles. The molecule has 0 unspecified atom stereocenters. The number of sulfone groups is 1. The molecular weight excluding hydrogens is 272 g/mol. The number of rotatable bonds is 6. The van der Waals surface area contributed by atoms with Crippen molar-refractivity contribution in [2.24, 2.45) is 0 Å². The molecule has 0 saturated carbocycles. The Hall–Kier alpha value is -0.780. The Morgan fingerprint density at radius 1 is 1.39 bits per heavy atom. The second kappa shape index (κ2) is 6.41. The van der Waals surface area contributed by atoms with Gasteiger partial charge < -0.3 is 10.2 Å². The van der Waals surface area contributed by atoms with E-state index in [-0.39, 0.29) is 5.75 Å². The topological polar surface area (TPSA) is 49.4 Å². The Labute approximate surface area is 114 Å². The van der Waals surface area contributed by atoms with Gasteiger partial charge in [0.25, 0.3) is 0 Å². The van der Waals surface area contributed by atoms with Crippen LogP contribution in [-0.2, 0) is 16.4 Å². The van der Waals surface area contributed by atoms with E-state index in [0.29, 0.717) is 18.1 Å². The van der Waals surface area contributed by atoms with Crippen LogP contribution in [0, 0.1) is 0 Å². The van der Waals surface area contributed by atoms with E-state index in [0.717, 1.165) is 11.3 Å². The van der Waals surface area contributed by atoms with Gasteiger partial charge in [0.15, 0.2) is 0 Å². The minimum atomic E-state index is -2.97. The van der Waals surface area contributed by atoms with Crippen LogP contribution in [0.3, 0.4) is 0 Å². The maximum atomic E-state index is 11.2. The highest BCUT2D eigenvalue weighted by atomic mass is 35.5. The first-order valence-electron chi connectivity index (χ1n) is 5.66. The summed E-state index contributed by atoms with van der Waals surface area (Å²) >= 11 is 6.19. The van der Waals surface area contributed by atoms with E-state index in [9.17, 15) is 8.42 Å². The van der Waals surface area contributed by atoms with Crippen LogP contribution < -0.4 is 10.2 Å². The molecule has 0 bridgehead atoms. The highest BCUT2D eigenvalue weighted by Crippen LogP contribution is 2.29. The maximum absolute atomic E-state index is 11.2. The molecule has 1 aromatic carbocycles. The van der Waals surface area contributed by atoms with Gasteiger partial charge in [-0.05, 0) is 18.7 Å². The van der Waals surface area contributed by atoms with Gasteiger partial charge in [-0.15, -0.1) is 0 Å². The molecule has 0 fully saturated rings. The van der Waals surface area contributed by atoms with Gasteiger partial charge >= 0.3 is 0 Å². The molecule has 1 rings (SSSR count). The standard InChI is InChI=1S/C12H19ClN2O2S/c1-14-9-10-5-4-6-11(13)12(10)15(2)7-8-18(3,16)17/h4-6,14H,7-9H2,1-3H3. The number of hydrogen-bond donors (Lipinski definition) is 1. The van der Waals surface area contributed by atoms with Gasteiger partial charge in [0.05, 0.1) is 16.5 Å². The summed E-state index contributed by atoms with van der Waals surface area (Å²) in [6, 6.07) is 5.69. The first-order valence-corrected chi connectivity index (χ1v) is 8.10. The van der Waals surface area contributed by atoms with Gasteiger partial charge in [-0.3, -0.25) is 0 Å². The molecule has 102 valence electrons. The van der Waals surface area contributed by atoms with E-state index in [1.165, 1.54) is 6.26 Å². The van der Waals surface area contributed by atoms with Crippen molar-refractivity contribution in [2.45, 2.75) is 6.54 Å². The Kier molecular flexibility index (Phi) is 5.44. The number of nitrogens with one attached hydrogen (secondary N) is 1. The molecule has 6 heteroatoms. The van der Waals surface area contributed by atoms with Crippen molar-refractivity contribution in [3.05, 3.63) is 28.8 Å². The fraction of sp³-hybridized carbons (Fsp3) is 0.500. The number of para-hydroxylation sites is 1. The van der Waals surface area contributed by atoms with Gasteiger partial charge in [0, 0.05) is 26.4 Å². The number of nitrogens with zero attached hydrogens (tertiary/aromatic N) is 1. The van der Waals surface area contributed by atoms with Crippen LogP contribution in [-0.4, -0.2) is 41.1 Å². The molecule has 0 radical (unpaired) electrons. The van der Waals surface area contributed by atoms with Crippen LogP contribution in [0.2, 0.25) is 5.02 Å². The van der Waals surface area contributed by atoms with Crippen molar-refractivity contribution < 1.29 is 8.42 Å². The largest absolute Gasteiger partial charge is 0.372 e. The average Bonchev–Trinajstić information content (AvgIpc) is 2.26. The molecule has 0 aliphatic carbocycles. The van der Waals surface area contributed by atoms with Crippen molar-refractivity contribution in [1.82, 2.24) is 5.32 Å². The van der Waals surface area contributed by atoms with Crippen LogP contribution in [0.15, 0.2) is 18.2 Å². The van der Waals surface area contributed by atoms with Crippen LogP contribution >= 0.6 is 11.6 Å². The molecule has 0 heterocycles. The van der Waals surface area contributed by atoms with E-state index in [4.69, 9.17) is 11.6 Å². The second-order valence-electron chi connectivity index (χ2n) is 4.33. The van der Waals surface area contributed by atoms with E-state index in [2.05, 4.69) is 5.32 Å². The smallest absolute Gasteiger partial charge is 0.149 e. The number of hydrogen-bond acceptors (Lipinski definition) is 4. The lowest BCUT2D eigenvalue weighted by atomic mass is 10.1. The first kappa shape index (κ1) is 15.3. The number of anilines is 1. The summed E-state index contributed by atoms with van der Waals surface area (Å²) < 4.78 is 22.4. The van der Waals surface area contributed by atoms with Crippen LogP contribution in [0.25, 0.3) is 0 Å². The lowest BCUT2D eigenvalue weighted by Crippen LogP contribution is -2.26. The second-order valence-corrected chi connectivity index (χ2v) is 7.00. The lowest BCUT2D eigenvalue weighted by Gasteiger charge is -2.23. The van der Waals surface area contributed by atoms with Crippen molar-refractivity contribution in [3.8, 4) is 0 Å². The Morgan fingerprint density at radius 2 is 2.06 bits per heavy atom. The van der Waals surface area contributed by atoms with Gasteiger partial charge in [-0.2, -0.15) is 0 Å². The molecule has 0 spiro atoms. The Balaban J connectivity index is 2.93. The van der Waals surface area contributed by atoms with Crippen LogP contribution in [0.4, 0.5) is 5.69 Å². The Morgan fingerprint density at radius 3 is 2.61 bits per heavy atom. The molecule has 1 N–H and O–H groups in total. The fourth-order valence-electron chi connectivity index (χ4n) is 1.74. The third kappa shape index (κ3) is 4.48. The highest BCUT2D eigenvalue weighted by Gasteiger charge is 2.13. The summed E-state index contributed by atoms with van der Waals surface area (Å²) in [5.41, 5.74) is 1.94. The molecule has 0 atom stereocenters. The monoisotopic (exact) mass is 290 g/mol. The van der Waals surface area contributed by atoms with E-state index in [1.54, 1.807) is 0 Å². The summed E-state index contributed by atoms with van der Waals surface area (Å²) in [5, 5.41) is 3.71. The van der Waals surface area contributed by atoms with Crippen molar-refractivity contribution in [3.63, 3.8) is 0 Å². The zero-order valence-electron chi connectivity index (χ0n) is 10.9. The molecule has 1 aromatic rings. The third-order valence-corrected chi connectivity index (χ3v) is 3.85. The van der Waals surface area contributed by atoms with E-state index >= 15 is 0 Å². The van der Waals surface area contributed by atoms with Gasteiger partial charge in [0.1, 0.15) is 9.84 Å². The summed E-state index contributed by atoms with van der Waals surface area (Å²) in [6.45, 7) is 1.12.